The molecular weight excluding hydrogens is 348 g/mol. The van der Waals surface area contributed by atoms with Gasteiger partial charge in [0, 0.05) is 18.0 Å². The Hall–Kier alpha value is -2.31. The average Bonchev–Trinajstić information content (AvgIpc) is 2.67. The fourth-order valence-electron chi connectivity index (χ4n) is 3.01. The summed E-state index contributed by atoms with van der Waals surface area (Å²) in [6.45, 7) is 4.08. The van der Waals surface area contributed by atoms with Crippen LogP contribution in [0, 0.1) is 0 Å². The summed E-state index contributed by atoms with van der Waals surface area (Å²) in [6, 6.07) is 16.7. The van der Waals surface area contributed by atoms with Crippen molar-refractivity contribution in [3.63, 3.8) is 0 Å². The molecule has 2 atom stereocenters. The van der Waals surface area contributed by atoms with E-state index in [0.29, 0.717) is 6.54 Å². The van der Waals surface area contributed by atoms with Crippen LogP contribution in [0.4, 0.5) is 5.69 Å². The van der Waals surface area contributed by atoms with E-state index in [9.17, 15) is 14.7 Å². The Morgan fingerprint density at radius 2 is 1.85 bits per heavy atom. The summed E-state index contributed by atoms with van der Waals surface area (Å²) in [6.07, 6.45) is -0.818. The number of thioether (sulfide) groups is 1. The molecule has 5 nitrogen and oxygen atoms in total. The van der Waals surface area contributed by atoms with Crippen molar-refractivity contribution in [3.05, 3.63) is 60.2 Å². The standard InChI is InChI=1S/C20H22N2O3S/c1-3-22-15-11-7-8-12-17(15)26-20(2,19(22)25)18(24)21-13-16(23)14-9-5-4-6-10-14/h4-12,16,23H,3,13H2,1-2H3,(H,21,24). The van der Waals surface area contributed by atoms with Crippen LogP contribution < -0.4 is 10.2 Å². The van der Waals surface area contributed by atoms with Gasteiger partial charge in [0.15, 0.2) is 4.75 Å². The topological polar surface area (TPSA) is 69.6 Å². The molecule has 0 saturated carbocycles. The number of amides is 2. The van der Waals surface area contributed by atoms with Crippen molar-refractivity contribution >= 4 is 29.3 Å². The van der Waals surface area contributed by atoms with Crippen LogP contribution in [0.5, 0.6) is 0 Å². The van der Waals surface area contributed by atoms with E-state index in [2.05, 4.69) is 5.32 Å². The number of hydrogen-bond donors (Lipinski definition) is 2. The van der Waals surface area contributed by atoms with Crippen molar-refractivity contribution in [2.75, 3.05) is 18.0 Å². The summed E-state index contributed by atoms with van der Waals surface area (Å²) in [5.74, 6) is -0.633. The third-order valence-corrected chi connectivity index (χ3v) is 5.85. The maximum atomic E-state index is 13.0. The molecule has 0 aliphatic carbocycles. The molecule has 136 valence electrons. The van der Waals surface area contributed by atoms with E-state index in [0.717, 1.165) is 16.1 Å². The summed E-state index contributed by atoms with van der Waals surface area (Å²) in [7, 11) is 0. The SMILES string of the molecule is CCN1C(=O)C(C)(C(=O)NCC(O)c2ccccc2)Sc2ccccc21. The molecule has 0 saturated heterocycles. The number of nitrogens with one attached hydrogen (secondary N) is 1. The van der Waals surface area contributed by atoms with E-state index in [4.69, 9.17) is 0 Å². The van der Waals surface area contributed by atoms with E-state index in [-0.39, 0.29) is 12.5 Å². The van der Waals surface area contributed by atoms with Gasteiger partial charge >= 0.3 is 0 Å². The molecule has 1 heterocycles. The third kappa shape index (κ3) is 3.34. The lowest BCUT2D eigenvalue weighted by Crippen LogP contribution is -2.56. The zero-order valence-electron chi connectivity index (χ0n) is 14.8. The first kappa shape index (κ1) is 18.5. The number of hydrogen-bond acceptors (Lipinski definition) is 4. The summed E-state index contributed by atoms with van der Waals surface area (Å²) >= 11 is 1.26. The molecule has 0 radical (unpaired) electrons. The van der Waals surface area contributed by atoms with Gasteiger partial charge in [-0.25, -0.2) is 0 Å². The Morgan fingerprint density at radius 1 is 1.19 bits per heavy atom. The first-order chi connectivity index (χ1) is 12.5. The molecular formula is C20H22N2O3S. The molecule has 0 spiro atoms. The number of nitrogens with zero attached hydrogens (tertiary/aromatic N) is 1. The molecule has 6 heteroatoms. The zero-order valence-corrected chi connectivity index (χ0v) is 15.6. The molecule has 1 aliphatic rings. The summed E-state index contributed by atoms with van der Waals surface area (Å²) in [4.78, 5) is 28.4. The molecule has 1 aliphatic heterocycles. The van der Waals surface area contributed by atoms with Gasteiger partial charge in [0.1, 0.15) is 0 Å². The molecule has 3 rings (SSSR count). The molecule has 0 bridgehead atoms. The Balaban J connectivity index is 1.77. The van der Waals surface area contributed by atoms with Gasteiger partial charge in [-0.3, -0.25) is 9.59 Å². The summed E-state index contributed by atoms with van der Waals surface area (Å²) in [5, 5.41) is 13.0. The highest BCUT2D eigenvalue weighted by atomic mass is 32.2. The molecule has 2 unspecified atom stereocenters. The van der Waals surface area contributed by atoms with Gasteiger partial charge in [-0.05, 0) is 31.5 Å². The molecule has 2 aromatic carbocycles. The minimum atomic E-state index is -1.26. The van der Waals surface area contributed by atoms with Crippen LogP contribution in [0.2, 0.25) is 0 Å². The highest BCUT2D eigenvalue weighted by molar-refractivity contribution is 8.02. The van der Waals surface area contributed by atoms with Crippen LogP contribution in [0.25, 0.3) is 0 Å². The van der Waals surface area contributed by atoms with E-state index in [1.54, 1.807) is 24.0 Å². The van der Waals surface area contributed by atoms with E-state index >= 15 is 0 Å². The fraction of sp³-hybridized carbons (Fsp3) is 0.300. The van der Waals surface area contributed by atoms with Crippen molar-refractivity contribution in [1.82, 2.24) is 5.32 Å². The number of anilines is 1. The number of aliphatic hydroxyl groups is 1. The molecule has 0 fully saturated rings. The van der Waals surface area contributed by atoms with Crippen molar-refractivity contribution < 1.29 is 14.7 Å². The average molecular weight is 370 g/mol. The van der Waals surface area contributed by atoms with E-state index in [1.807, 2.05) is 49.4 Å². The number of rotatable bonds is 5. The number of aliphatic hydroxyl groups excluding tert-OH is 1. The van der Waals surface area contributed by atoms with Crippen LogP contribution in [-0.4, -0.2) is 34.8 Å². The Labute approximate surface area is 157 Å². The second-order valence-electron chi connectivity index (χ2n) is 6.29. The molecule has 26 heavy (non-hydrogen) atoms. The molecule has 0 aromatic heterocycles. The maximum absolute atomic E-state index is 13.0. The second kappa shape index (κ2) is 7.51. The lowest BCUT2D eigenvalue weighted by molar-refractivity contribution is -0.131. The summed E-state index contributed by atoms with van der Waals surface area (Å²) < 4.78 is -1.26. The largest absolute Gasteiger partial charge is 0.387 e. The van der Waals surface area contributed by atoms with Crippen LogP contribution >= 0.6 is 11.8 Å². The fourth-order valence-corrected chi connectivity index (χ4v) is 4.24. The van der Waals surface area contributed by atoms with Crippen molar-refractivity contribution in [2.45, 2.75) is 29.6 Å². The van der Waals surface area contributed by atoms with Crippen LogP contribution in [0.1, 0.15) is 25.5 Å². The van der Waals surface area contributed by atoms with E-state index < -0.39 is 16.8 Å². The normalized spacial score (nSPS) is 20.4. The Kier molecular flexibility index (Phi) is 5.34. The number of fused-ring (bicyclic) bond motifs is 1. The summed E-state index contributed by atoms with van der Waals surface area (Å²) in [5.41, 5.74) is 1.56. The molecule has 2 amide bonds. The van der Waals surface area contributed by atoms with Gasteiger partial charge < -0.3 is 15.3 Å². The number of para-hydroxylation sites is 1. The predicted octanol–water partition coefficient (Wildman–Crippen LogP) is 2.75. The predicted molar refractivity (Wildman–Crippen MR) is 103 cm³/mol. The van der Waals surface area contributed by atoms with Crippen molar-refractivity contribution in [2.24, 2.45) is 0 Å². The highest BCUT2D eigenvalue weighted by Gasteiger charge is 2.48. The van der Waals surface area contributed by atoms with Crippen LogP contribution in [-0.2, 0) is 9.59 Å². The van der Waals surface area contributed by atoms with Crippen molar-refractivity contribution in [1.29, 1.82) is 0 Å². The van der Waals surface area contributed by atoms with Gasteiger partial charge in [0.2, 0.25) is 5.91 Å². The molecule has 2 aromatic rings. The van der Waals surface area contributed by atoms with Gasteiger partial charge in [0.25, 0.3) is 5.91 Å². The number of carbonyl (C=O) groups excluding carboxylic acids is 2. The van der Waals surface area contributed by atoms with Crippen molar-refractivity contribution in [3.8, 4) is 0 Å². The smallest absolute Gasteiger partial charge is 0.252 e. The van der Waals surface area contributed by atoms with Gasteiger partial charge in [-0.15, -0.1) is 0 Å². The minimum Gasteiger partial charge on any atom is -0.387 e. The van der Waals surface area contributed by atoms with E-state index in [1.165, 1.54) is 11.8 Å². The second-order valence-corrected chi connectivity index (χ2v) is 7.75. The number of carbonyl (C=O) groups is 2. The Bertz CT molecular complexity index is 812. The Morgan fingerprint density at radius 3 is 2.54 bits per heavy atom. The zero-order chi connectivity index (χ0) is 18.7. The quantitative estimate of drug-likeness (QED) is 0.794. The van der Waals surface area contributed by atoms with Gasteiger partial charge in [0.05, 0.1) is 11.8 Å². The maximum Gasteiger partial charge on any atom is 0.252 e. The monoisotopic (exact) mass is 370 g/mol. The van der Waals surface area contributed by atoms with Crippen LogP contribution in [0.3, 0.4) is 0 Å². The van der Waals surface area contributed by atoms with Crippen LogP contribution in [0.15, 0.2) is 59.5 Å². The first-order valence-corrected chi connectivity index (χ1v) is 9.40. The lowest BCUT2D eigenvalue weighted by atomic mass is 10.1. The third-order valence-electron chi connectivity index (χ3n) is 4.51. The van der Waals surface area contributed by atoms with Gasteiger partial charge in [-0.1, -0.05) is 54.2 Å². The molecule has 2 N–H and O–H groups in total. The first-order valence-electron chi connectivity index (χ1n) is 8.58. The minimum absolute atomic E-state index is 0.0556. The lowest BCUT2D eigenvalue weighted by Gasteiger charge is -2.38. The highest BCUT2D eigenvalue weighted by Crippen LogP contribution is 2.45. The number of benzene rings is 2. The van der Waals surface area contributed by atoms with Gasteiger partial charge in [-0.2, -0.15) is 0 Å².